The van der Waals surface area contributed by atoms with Gasteiger partial charge in [0.25, 0.3) is 0 Å². The first kappa shape index (κ1) is 16.4. The van der Waals surface area contributed by atoms with Gasteiger partial charge in [-0.15, -0.1) is 5.10 Å². The van der Waals surface area contributed by atoms with Crippen LogP contribution in [0.5, 0.6) is 5.75 Å². The number of H-pyrrole nitrogens is 2. The fraction of sp³-hybridized carbons (Fsp3) is 0.105. The third-order valence-electron chi connectivity index (χ3n) is 3.98. The maximum absolute atomic E-state index is 12.2. The van der Waals surface area contributed by atoms with Gasteiger partial charge in [-0.1, -0.05) is 23.9 Å². The first-order valence-corrected chi connectivity index (χ1v) is 9.02. The molecule has 7 heteroatoms. The van der Waals surface area contributed by atoms with Crippen molar-refractivity contribution in [3.63, 3.8) is 0 Å². The molecule has 0 saturated heterocycles. The van der Waals surface area contributed by atoms with Gasteiger partial charge in [-0.2, -0.15) is 0 Å². The van der Waals surface area contributed by atoms with Crippen LogP contribution in [0.25, 0.3) is 22.3 Å². The Morgan fingerprint density at radius 1 is 1.12 bits per heavy atom. The summed E-state index contributed by atoms with van der Waals surface area (Å²) in [4.78, 5) is 20.0. The van der Waals surface area contributed by atoms with Gasteiger partial charge in [-0.05, 0) is 36.4 Å². The third kappa shape index (κ3) is 3.34. The minimum absolute atomic E-state index is 0.0175. The van der Waals surface area contributed by atoms with E-state index in [0.29, 0.717) is 22.1 Å². The van der Waals surface area contributed by atoms with Crippen LogP contribution in [-0.2, 0) is 5.75 Å². The summed E-state index contributed by atoms with van der Waals surface area (Å²) in [6, 6.07) is 16.7. The Kier molecular flexibility index (Phi) is 4.45. The summed E-state index contributed by atoms with van der Waals surface area (Å²) in [5.41, 5.74) is 2.63. The zero-order valence-corrected chi connectivity index (χ0v) is 14.8. The molecule has 0 fully saturated rings. The second-order valence-corrected chi connectivity index (χ2v) is 6.63. The summed E-state index contributed by atoms with van der Waals surface area (Å²) >= 11 is 1.47. The molecule has 4 rings (SSSR count). The molecular formula is C19H16N4O2S. The van der Waals surface area contributed by atoms with Crippen molar-refractivity contribution in [2.45, 2.75) is 10.9 Å². The minimum atomic E-state index is 0.0175. The SMILES string of the molecule is COc1ccc(-c2nc(SCc3cc(=O)c4ccccc4[nH]3)n[nH]2)cc1. The fourth-order valence-electron chi connectivity index (χ4n) is 2.66. The Morgan fingerprint density at radius 3 is 2.73 bits per heavy atom. The van der Waals surface area contributed by atoms with E-state index in [2.05, 4.69) is 20.2 Å². The predicted octanol–water partition coefficient (Wildman–Crippen LogP) is 3.61. The van der Waals surface area contributed by atoms with E-state index < -0.39 is 0 Å². The number of nitrogens with zero attached hydrogens (tertiary/aromatic N) is 2. The van der Waals surface area contributed by atoms with E-state index in [1.54, 1.807) is 13.2 Å². The Morgan fingerprint density at radius 2 is 1.92 bits per heavy atom. The molecule has 0 aliphatic heterocycles. The van der Waals surface area contributed by atoms with Gasteiger partial charge in [0.15, 0.2) is 11.3 Å². The predicted molar refractivity (Wildman–Crippen MR) is 103 cm³/mol. The first-order chi connectivity index (χ1) is 12.7. The maximum atomic E-state index is 12.2. The van der Waals surface area contributed by atoms with Gasteiger partial charge in [0, 0.05) is 34.0 Å². The highest BCUT2D eigenvalue weighted by Crippen LogP contribution is 2.23. The normalized spacial score (nSPS) is 11.0. The largest absolute Gasteiger partial charge is 0.497 e. The van der Waals surface area contributed by atoms with Crippen LogP contribution in [0.1, 0.15) is 5.69 Å². The molecule has 0 radical (unpaired) electrons. The van der Waals surface area contributed by atoms with Gasteiger partial charge in [0.05, 0.1) is 7.11 Å². The molecule has 0 saturated carbocycles. The fourth-order valence-corrected chi connectivity index (χ4v) is 3.37. The number of hydrogen-bond donors (Lipinski definition) is 2. The van der Waals surface area contributed by atoms with E-state index in [1.165, 1.54) is 11.8 Å². The summed E-state index contributed by atoms with van der Waals surface area (Å²) in [5.74, 6) is 2.07. The molecule has 0 aliphatic rings. The molecule has 130 valence electrons. The van der Waals surface area contributed by atoms with Crippen LogP contribution in [-0.4, -0.2) is 27.3 Å². The number of nitrogens with one attached hydrogen (secondary N) is 2. The lowest BCUT2D eigenvalue weighted by Gasteiger charge is -2.02. The molecule has 4 aromatic rings. The van der Waals surface area contributed by atoms with E-state index in [-0.39, 0.29) is 5.43 Å². The molecule has 2 aromatic heterocycles. The highest BCUT2D eigenvalue weighted by molar-refractivity contribution is 7.98. The number of pyridine rings is 1. The number of para-hydroxylation sites is 1. The van der Waals surface area contributed by atoms with Crippen molar-refractivity contribution in [3.8, 4) is 17.1 Å². The monoisotopic (exact) mass is 364 g/mol. The van der Waals surface area contributed by atoms with Crippen molar-refractivity contribution in [3.05, 3.63) is 70.5 Å². The smallest absolute Gasteiger partial charge is 0.209 e. The van der Waals surface area contributed by atoms with Gasteiger partial charge < -0.3 is 9.72 Å². The molecule has 0 aliphatic carbocycles. The highest BCUT2D eigenvalue weighted by Gasteiger charge is 2.08. The summed E-state index contributed by atoms with van der Waals surface area (Å²) < 4.78 is 5.16. The van der Waals surface area contributed by atoms with Crippen molar-refractivity contribution < 1.29 is 4.74 Å². The molecule has 0 spiro atoms. The Labute approximate surface area is 153 Å². The Bertz CT molecular complexity index is 1100. The van der Waals surface area contributed by atoms with Crippen LogP contribution >= 0.6 is 11.8 Å². The van der Waals surface area contributed by atoms with Gasteiger partial charge in [0.2, 0.25) is 5.16 Å². The van der Waals surface area contributed by atoms with E-state index in [0.717, 1.165) is 22.5 Å². The minimum Gasteiger partial charge on any atom is -0.497 e. The van der Waals surface area contributed by atoms with Crippen molar-refractivity contribution in [2.75, 3.05) is 7.11 Å². The van der Waals surface area contributed by atoms with Crippen LogP contribution < -0.4 is 10.2 Å². The lowest BCUT2D eigenvalue weighted by molar-refractivity contribution is 0.415. The molecule has 2 aromatic carbocycles. The summed E-state index contributed by atoms with van der Waals surface area (Å²) in [5, 5.41) is 8.51. The number of thioether (sulfide) groups is 1. The van der Waals surface area contributed by atoms with Crippen LogP contribution in [0.2, 0.25) is 0 Å². The summed E-state index contributed by atoms with van der Waals surface area (Å²) in [6.45, 7) is 0. The number of fused-ring (bicyclic) bond motifs is 1. The van der Waals surface area contributed by atoms with E-state index in [9.17, 15) is 4.79 Å². The average molecular weight is 364 g/mol. The van der Waals surface area contributed by atoms with Crippen molar-refractivity contribution in [1.82, 2.24) is 20.2 Å². The maximum Gasteiger partial charge on any atom is 0.209 e. The van der Waals surface area contributed by atoms with Crippen LogP contribution in [0, 0.1) is 0 Å². The summed E-state index contributed by atoms with van der Waals surface area (Å²) in [7, 11) is 1.63. The van der Waals surface area contributed by atoms with E-state index >= 15 is 0 Å². The number of hydrogen-bond acceptors (Lipinski definition) is 5. The Balaban J connectivity index is 1.50. The van der Waals surface area contributed by atoms with Crippen LogP contribution in [0.4, 0.5) is 0 Å². The zero-order chi connectivity index (χ0) is 17.9. The molecule has 0 bridgehead atoms. The van der Waals surface area contributed by atoms with Crippen molar-refractivity contribution in [1.29, 1.82) is 0 Å². The molecule has 26 heavy (non-hydrogen) atoms. The van der Waals surface area contributed by atoms with Crippen molar-refractivity contribution >= 4 is 22.7 Å². The van der Waals surface area contributed by atoms with Gasteiger partial charge in [-0.3, -0.25) is 9.89 Å². The molecule has 0 unspecified atom stereocenters. The Hall–Kier alpha value is -3.06. The number of rotatable bonds is 5. The lowest BCUT2D eigenvalue weighted by Crippen LogP contribution is -2.04. The van der Waals surface area contributed by atoms with Gasteiger partial charge in [0.1, 0.15) is 5.75 Å². The molecule has 0 atom stereocenters. The topological polar surface area (TPSA) is 83.7 Å². The van der Waals surface area contributed by atoms with E-state index in [1.807, 2.05) is 48.5 Å². The molecular weight excluding hydrogens is 348 g/mol. The first-order valence-electron chi connectivity index (χ1n) is 8.03. The molecule has 0 amide bonds. The number of ether oxygens (including phenoxy) is 1. The molecule has 2 heterocycles. The molecule has 2 N–H and O–H groups in total. The number of methoxy groups -OCH3 is 1. The van der Waals surface area contributed by atoms with Crippen molar-refractivity contribution in [2.24, 2.45) is 0 Å². The highest BCUT2D eigenvalue weighted by atomic mass is 32.2. The quantitative estimate of drug-likeness (QED) is 0.529. The second-order valence-electron chi connectivity index (χ2n) is 5.69. The van der Waals surface area contributed by atoms with E-state index in [4.69, 9.17) is 4.74 Å². The lowest BCUT2D eigenvalue weighted by atomic mass is 10.2. The average Bonchev–Trinajstić information content (AvgIpc) is 3.15. The van der Waals surface area contributed by atoms with Crippen LogP contribution in [0.3, 0.4) is 0 Å². The van der Waals surface area contributed by atoms with Crippen LogP contribution in [0.15, 0.2) is 64.5 Å². The van der Waals surface area contributed by atoms with Gasteiger partial charge >= 0.3 is 0 Å². The number of aromatic amines is 2. The number of benzene rings is 2. The second kappa shape index (κ2) is 7.05. The standard InChI is InChI=1S/C19H16N4O2S/c1-25-14-8-6-12(7-9-14)18-21-19(23-22-18)26-11-13-10-17(24)15-4-2-3-5-16(15)20-13/h2-10H,11H2,1H3,(H,20,24)(H,21,22,23). The third-order valence-corrected chi connectivity index (χ3v) is 4.87. The zero-order valence-electron chi connectivity index (χ0n) is 14.0. The number of aromatic nitrogens is 4. The van der Waals surface area contributed by atoms with Gasteiger partial charge in [-0.25, -0.2) is 4.98 Å². The summed E-state index contributed by atoms with van der Waals surface area (Å²) in [6.07, 6.45) is 0. The molecule has 6 nitrogen and oxygen atoms in total.